The molecule has 2 aromatic rings. The third-order valence-corrected chi connectivity index (χ3v) is 5.49. The quantitative estimate of drug-likeness (QED) is 0.758. The molecule has 0 N–H and O–H groups in total. The number of benzene rings is 1. The lowest BCUT2D eigenvalue weighted by Gasteiger charge is -2.14. The van der Waals surface area contributed by atoms with Gasteiger partial charge in [0.15, 0.2) is 0 Å². The van der Waals surface area contributed by atoms with Crippen molar-refractivity contribution < 1.29 is 9.18 Å². The van der Waals surface area contributed by atoms with Crippen molar-refractivity contribution in [2.24, 2.45) is 5.92 Å². The van der Waals surface area contributed by atoms with Crippen LogP contribution < -0.4 is 0 Å². The first-order chi connectivity index (χ1) is 9.17. The minimum atomic E-state index is -0.256. The van der Waals surface area contributed by atoms with Crippen molar-refractivity contribution in [2.45, 2.75) is 6.42 Å². The SMILES string of the molecule is O=C(c1cc2ccc(F)cc2s1)N1CCC(CBr)C1. The molecule has 3 rings (SSSR count). The van der Waals surface area contributed by atoms with E-state index in [-0.39, 0.29) is 11.7 Å². The van der Waals surface area contributed by atoms with Crippen molar-refractivity contribution in [1.82, 2.24) is 4.90 Å². The maximum Gasteiger partial charge on any atom is 0.263 e. The maximum absolute atomic E-state index is 13.2. The lowest BCUT2D eigenvalue weighted by atomic mass is 10.2. The van der Waals surface area contributed by atoms with Crippen LogP contribution in [0.15, 0.2) is 24.3 Å². The van der Waals surface area contributed by atoms with Crippen LogP contribution in [-0.4, -0.2) is 29.2 Å². The maximum atomic E-state index is 13.2. The normalized spacial score (nSPS) is 19.3. The van der Waals surface area contributed by atoms with E-state index in [9.17, 15) is 9.18 Å². The molecule has 0 spiro atoms. The van der Waals surface area contributed by atoms with Crippen LogP contribution in [0.25, 0.3) is 10.1 Å². The number of thiophene rings is 1. The Hall–Kier alpha value is -0.940. The summed E-state index contributed by atoms with van der Waals surface area (Å²) >= 11 is 4.84. The number of carbonyl (C=O) groups is 1. The first-order valence-corrected chi connectivity index (χ1v) is 8.15. The largest absolute Gasteiger partial charge is 0.338 e. The van der Waals surface area contributed by atoms with Crippen molar-refractivity contribution in [3.63, 3.8) is 0 Å². The summed E-state index contributed by atoms with van der Waals surface area (Å²) in [7, 11) is 0. The Kier molecular flexibility index (Phi) is 3.58. The summed E-state index contributed by atoms with van der Waals surface area (Å²) < 4.78 is 14.0. The number of alkyl halides is 1. The lowest BCUT2D eigenvalue weighted by Crippen LogP contribution is -2.28. The van der Waals surface area contributed by atoms with Gasteiger partial charge >= 0.3 is 0 Å². The predicted octanol–water partition coefficient (Wildman–Crippen LogP) is 3.90. The molecule has 1 unspecified atom stereocenters. The van der Waals surface area contributed by atoms with E-state index in [1.165, 1.54) is 23.5 Å². The van der Waals surface area contributed by atoms with Crippen LogP contribution >= 0.6 is 27.3 Å². The molecule has 1 aromatic heterocycles. The number of hydrogen-bond donors (Lipinski definition) is 0. The average molecular weight is 342 g/mol. The highest BCUT2D eigenvalue weighted by molar-refractivity contribution is 9.09. The Balaban J connectivity index is 1.86. The summed E-state index contributed by atoms with van der Waals surface area (Å²) in [5, 5.41) is 1.87. The fourth-order valence-electron chi connectivity index (χ4n) is 2.41. The molecule has 1 aromatic carbocycles. The molecule has 5 heteroatoms. The van der Waals surface area contributed by atoms with E-state index in [4.69, 9.17) is 0 Å². The molecule has 2 heterocycles. The molecule has 0 radical (unpaired) electrons. The highest BCUT2D eigenvalue weighted by Gasteiger charge is 2.27. The van der Waals surface area contributed by atoms with Crippen LogP contribution in [0.4, 0.5) is 4.39 Å². The molecular formula is C14H13BrFNOS. The Labute approximate surface area is 123 Å². The molecule has 1 saturated heterocycles. The fourth-order valence-corrected chi connectivity index (χ4v) is 3.99. The van der Waals surface area contributed by atoms with Crippen LogP contribution in [0, 0.1) is 11.7 Å². The predicted molar refractivity (Wildman–Crippen MR) is 79.6 cm³/mol. The van der Waals surface area contributed by atoms with E-state index in [1.54, 1.807) is 6.07 Å². The minimum absolute atomic E-state index is 0.0741. The van der Waals surface area contributed by atoms with Crippen molar-refractivity contribution in [3.05, 3.63) is 35.0 Å². The van der Waals surface area contributed by atoms with Crippen LogP contribution in [-0.2, 0) is 0 Å². The Morgan fingerprint density at radius 1 is 1.47 bits per heavy atom. The fraction of sp³-hybridized carbons (Fsp3) is 0.357. The second kappa shape index (κ2) is 5.21. The van der Waals surface area contributed by atoms with Crippen molar-refractivity contribution in [1.29, 1.82) is 0 Å². The van der Waals surface area contributed by atoms with Gasteiger partial charge in [-0.3, -0.25) is 4.79 Å². The smallest absolute Gasteiger partial charge is 0.263 e. The molecule has 1 aliphatic rings. The summed E-state index contributed by atoms with van der Waals surface area (Å²) in [4.78, 5) is 15.0. The van der Waals surface area contributed by atoms with Gasteiger partial charge in [0.05, 0.1) is 4.88 Å². The van der Waals surface area contributed by atoms with Crippen LogP contribution in [0.3, 0.4) is 0 Å². The molecular weight excluding hydrogens is 329 g/mol. The van der Waals surface area contributed by atoms with Gasteiger partial charge in [0.25, 0.3) is 5.91 Å². The Bertz CT molecular complexity index is 627. The first kappa shape index (κ1) is 13.1. The van der Waals surface area contributed by atoms with Crippen LogP contribution in [0.5, 0.6) is 0 Å². The molecule has 2 nitrogen and oxygen atoms in total. The Morgan fingerprint density at radius 3 is 3.05 bits per heavy atom. The van der Waals surface area contributed by atoms with Gasteiger partial charge in [-0.05, 0) is 35.9 Å². The van der Waals surface area contributed by atoms with Gasteiger partial charge in [-0.25, -0.2) is 4.39 Å². The average Bonchev–Trinajstić information content (AvgIpc) is 3.03. The third-order valence-electron chi connectivity index (χ3n) is 3.48. The van der Waals surface area contributed by atoms with Crippen LogP contribution in [0.2, 0.25) is 0 Å². The van der Waals surface area contributed by atoms with Gasteiger partial charge in [-0.15, -0.1) is 11.3 Å². The molecule has 100 valence electrons. The highest BCUT2D eigenvalue weighted by atomic mass is 79.9. The molecule has 0 saturated carbocycles. The van der Waals surface area contributed by atoms with Gasteiger partial charge < -0.3 is 4.90 Å². The highest BCUT2D eigenvalue weighted by Crippen LogP contribution is 2.29. The molecule has 19 heavy (non-hydrogen) atoms. The zero-order valence-electron chi connectivity index (χ0n) is 10.2. The van der Waals surface area contributed by atoms with Gasteiger partial charge in [-0.1, -0.05) is 22.0 Å². The molecule has 1 atom stereocenters. The number of rotatable bonds is 2. The zero-order valence-corrected chi connectivity index (χ0v) is 12.6. The summed E-state index contributed by atoms with van der Waals surface area (Å²) in [5.41, 5.74) is 0. The summed E-state index contributed by atoms with van der Waals surface area (Å²) in [5.74, 6) is 0.370. The van der Waals surface area contributed by atoms with Gasteiger partial charge in [-0.2, -0.15) is 0 Å². The van der Waals surface area contributed by atoms with Crippen molar-refractivity contribution >= 4 is 43.3 Å². The van der Waals surface area contributed by atoms with E-state index in [0.29, 0.717) is 10.8 Å². The Morgan fingerprint density at radius 2 is 2.32 bits per heavy atom. The van der Waals surface area contributed by atoms with Gasteiger partial charge in [0, 0.05) is 23.1 Å². The topological polar surface area (TPSA) is 20.3 Å². The second-order valence-electron chi connectivity index (χ2n) is 4.85. The number of hydrogen-bond acceptors (Lipinski definition) is 2. The molecule has 1 aliphatic heterocycles. The summed E-state index contributed by atoms with van der Waals surface area (Å²) in [6.45, 7) is 1.63. The zero-order chi connectivity index (χ0) is 13.4. The minimum Gasteiger partial charge on any atom is -0.338 e. The number of fused-ring (bicyclic) bond motifs is 1. The van der Waals surface area contributed by atoms with E-state index in [1.807, 2.05) is 11.0 Å². The van der Waals surface area contributed by atoms with E-state index in [2.05, 4.69) is 15.9 Å². The number of halogens is 2. The molecule has 0 aliphatic carbocycles. The van der Waals surface area contributed by atoms with Crippen molar-refractivity contribution in [3.8, 4) is 0 Å². The van der Waals surface area contributed by atoms with Gasteiger partial charge in [0.1, 0.15) is 5.82 Å². The summed E-state index contributed by atoms with van der Waals surface area (Å²) in [6, 6.07) is 6.51. The standard InChI is InChI=1S/C14H13BrFNOS/c15-7-9-3-4-17(8-9)14(18)13-5-10-1-2-11(16)6-12(10)19-13/h1-2,5-6,9H,3-4,7-8H2. The first-order valence-electron chi connectivity index (χ1n) is 6.21. The lowest BCUT2D eigenvalue weighted by molar-refractivity contribution is 0.0793. The van der Waals surface area contributed by atoms with E-state index < -0.39 is 0 Å². The number of nitrogens with zero attached hydrogens (tertiary/aromatic N) is 1. The molecule has 1 amide bonds. The van der Waals surface area contributed by atoms with Crippen LogP contribution in [0.1, 0.15) is 16.1 Å². The number of likely N-dealkylation sites (tertiary alicyclic amines) is 1. The third kappa shape index (κ3) is 2.54. The molecule has 0 bridgehead atoms. The monoisotopic (exact) mass is 341 g/mol. The van der Waals surface area contributed by atoms with Gasteiger partial charge in [0.2, 0.25) is 0 Å². The second-order valence-corrected chi connectivity index (χ2v) is 6.58. The molecule has 1 fully saturated rings. The number of amides is 1. The summed E-state index contributed by atoms with van der Waals surface area (Å²) in [6.07, 6.45) is 1.05. The van der Waals surface area contributed by atoms with Crippen molar-refractivity contribution in [2.75, 3.05) is 18.4 Å². The number of carbonyl (C=O) groups excluding carboxylic acids is 1. The van der Waals surface area contributed by atoms with E-state index >= 15 is 0 Å². The van der Waals surface area contributed by atoms with E-state index in [0.717, 1.165) is 34.9 Å².